The molecule has 3 aliphatic heterocycles. The Labute approximate surface area is 450 Å². The molecule has 0 bridgehead atoms. The van der Waals surface area contributed by atoms with Gasteiger partial charge in [0.05, 0.1) is 93.4 Å². The molecule has 0 aliphatic carbocycles. The monoisotopic (exact) mass is 1140 g/mol. The molecule has 2 atom stereocenters. The van der Waals surface area contributed by atoms with Crippen LogP contribution in [0, 0.1) is 0 Å². The van der Waals surface area contributed by atoms with E-state index >= 15 is 0 Å². The van der Waals surface area contributed by atoms with E-state index in [4.69, 9.17) is 38.0 Å². The van der Waals surface area contributed by atoms with Gasteiger partial charge in [-0.05, 0) is 75.1 Å². The first-order valence-corrected chi connectivity index (χ1v) is 29.3. The van der Waals surface area contributed by atoms with Crippen LogP contribution in [0.1, 0.15) is 63.5 Å². The molecule has 1 fully saturated rings. The molecule has 2 amide bonds. The third kappa shape index (κ3) is 18.0. The highest BCUT2D eigenvalue weighted by Gasteiger charge is 2.48. The third-order valence-corrected chi connectivity index (χ3v) is 15.5. The van der Waals surface area contributed by atoms with Gasteiger partial charge in [-0.15, -0.1) is 5.06 Å². The largest absolute Gasteiger partial charge is 0.385 e. The second kappa shape index (κ2) is 29.2. The first-order valence-electron chi connectivity index (χ1n) is 24.8. The van der Waals surface area contributed by atoms with Gasteiger partial charge in [-0.2, -0.15) is 29.8 Å². The number of amides is 2. The van der Waals surface area contributed by atoms with E-state index in [-0.39, 0.29) is 74.9 Å². The van der Waals surface area contributed by atoms with Crippen molar-refractivity contribution in [3.63, 3.8) is 0 Å². The number of carbonyl (C=O) groups is 3. The molecule has 2 aromatic rings. The highest BCUT2D eigenvalue weighted by atomic mass is 32.2. The number of allylic oxidation sites excluding steroid dienone is 8. The first kappa shape index (κ1) is 62.8. The fourth-order valence-corrected chi connectivity index (χ4v) is 10.6. The predicted molar refractivity (Wildman–Crippen MR) is 280 cm³/mol. The predicted octanol–water partition coefficient (Wildman–Crippen LogP) is 4.30. The Kier molecular flexibility index (Phi) is 23.8. The molecule has 0 aromatic heterocycles. The van der Waals surface area contributed by atoms with Crippen LogP contribution in [0.3, 0.4) is 0 Å². The standard InChI is InChI=1S/C51H69N3O20S3/c1-50(20-10-36-75(58,59)60)41-37-39(76(61,62)63)13-15-43(41)52(22-26-68-4)45(50)11-8-6-5-7-9-12-46-51(2,21-25-67-3)42-38-40(77(64,65)66)14-16-44(42)53(46)23-27-70-29-31-72-33-35-73-34-32-71-30-28-69-24-19-49(57)74-54-47(55)17-18-48(54)56/h5-9,11-16,37-38H,10,17-36H2,1-4H3,(H2-,58,59,60,61,62,63,64,65,66)/p+1. The van der Waals surface area contributed by atoms with E-state index in [2.05, 4.69) is 0 Å². The Balaban J connectivity index is 1.17. The Bertz CT molecular complexity index is 2870. The number of hydrogen-bond donors (Lipinski definition) is 3. The minimum absolute atomic E-state index is 0.0201. The first-order chi connectivity index (χ1) is 36.5. The van der Waals surface area contributed by atoms with Crippen molar-refractivity contribution in [3.05, 3.63) is 95.8 Å². The second-order valence-corrected chi connectivity index (χ2v) is 22.7. The lowest BCUT2D eigenvalue weighted by molar-refractivity contribution is -0.441. The normalized spacial score (nSPS) is 19.6. The summed E-state index contributed by atoms with van der Waals surface area (Å²) in [5.74, 6) is -2.34. The number of methoxy groups -OCH3 is 2. The maximum Gasteiger partial charge on any atom is 0.335 e. The van der Waals surface area contributed by atoms with Crippen molar-refractivity contribution < 1.29 is 95.9 Å². The quantitative estimate of drug-likeness (QED) is 0.0285. The summed E-state index contributed by atoms with van der Waals surface area (Å²) in [5, 5.41) is 0.494. The molecule has 2 unspecified atom stereocenters. The van der Waals surface area contributed by atoms with Crippen molar-refractivity contribution in [2.24, 2.45) is 0 Å². The van der Waals surface area contributed by atoms with E-state index in [9.17, 15) is 53.3 Å². The topological polar surface area (TPSA) is 298 Å². The smallest absolute Gasteiger partial charge is 0.335 e. The van der Waals surface area contributed by atoms with Crippen LogP contribution in [-0.2, 0) is 93.6 Å². The van der Waals surface area contributed by atoms with E-state index in [0.717, 1.165) is 11.4 Å². The van der Waals surface area contributed by atoms with Gasteiger partial charge in [-0.1, -0.05) is 30.4 Å². The van der Waals surface area contributed by atoms with Crippen LogP contribution in [0.15, 0.2) is 94.4 Å². The maximum atomic E-state index is 12.3. The Hall–Kier alpha value is -5.07. The number of hydrogen-bond acceptors (Lipinski definition) is 18. The fourth-order valence-electron chi connectivity index (χ4n) is 9.07. The second-order valence-electron chi connectivity index (χ2n) is 18.3. The van der Waals surface area contributed by atoms with Gasteiger partial charge in [0.2, 0.25) is 5.69 Å². The molecule has 1 saturated heterocycles. The number of fused-ring (bicyclic) bond motifs is 2. The number of rotatable bonds is 35. The number of imide groups is 1. The SMILES string of the molecule is COCC[N+]1=C(/C=C/C=C/C=C/C=C2/N(CCOCCOCCOCCOCCOCCC(=O)ON3C(=O)CCC3=O)c3ccc(S(=O)(=O)O)cc3C2(C)CCOC)C(C)(CCCS(=O)(=O)O)c2cc(S(=O)(=O)O)ccc21. The van der Waals surface area contributed by atoms with Crippen LogP contribution in [0.4, 0.5) is 11.4 Å². The molecule has 426 valence electrons. The molecule has 5 rings (SSSR count). The number of carbonyl (C=O) groups excluding carboxylic acids is 3. The van der Waals surface area contributed by atoms with Crippen LogP contribution in [0.2, 0.25) is 0 Å². The van der Waals surface area contributed by atoms with Crippen molar-refractivity contribution in [1.29, 1.82) is 0 Å². The van der Waals surface area contributed by atoms with E-state index in [1.165, 1.54) is 24.3 Å². The molecule has 26 heteroatoms. The zero-order valence-electron chi connectivity index (χ0n) is 43.7. The van der Waals surface area contributed by atoms with E-state index in [0.29, 0.717) is 93.3 Å². The maximum absolute atomic E-state index is 12.3. The molecular weight excluding hydrogens is 1070 g/mol. The van der Waals surface area contributed by atoms with Crippen molar-refractivity contribution >= 4 is 65.2 Å². The Morgan fingerprint density at radius 3 is 1.75 bits per heavy atom. The van der Waals surface area contributed by atoms with E-state index in [1.54, 1.807) is 50.7 Å². The lowest BCUT2D eigenvalue weighted by Gasteiger charge is -2.30. The summed E-state index contributed by atoms with van der Waals surface area (Å²) in [4.78, 5) is 41.2. The van der Waals surface area contributed by atoms with E-state index in [1.807, 2.05) is 41.6 Å². The Morgan fingerprint density at radius 1 is 0.649 bits per heavy atom. The third-order valence-electron chi connectivity index (χ3n) is 13.0. The van der Waals surface area contributed by atoms with Gasteiger partial charge in [-0.3, -0.25) is 23.2 Å². The lowest BCUT2D eigenvalue weighted by Crippen LogP contribution is -2.32. The van der Waals surface area contributed by atoms with Gasteiger partial charge in [0.15, 0.2) is 12.3 Å². The molecule has 3 aliphatic rings. The highest BCUT2D eigenvalue weighted by Crippen LogP contribution is 2.51. The summed E-state index contributed by atoms with van der Waals surface area (Å²) in [6.07, 6.45) is 13.4. The van der Waals surface area contributed by atoms with Crippen LogP contribution < -0.4 is 4.90 Å². The van der Waals surface area contributed by atoms with Crippen LogP contribution in [0.5, 0.6) is 0 Å². The summed E-state index contributed by atoms with van der Waals surface area (Å²) in [6.45, 7) is 7.81. The number of hydroxylamine groups is 2. The number of anilines is 1. The average Bonchev–Trinajstić information content (AvgIpc) is 4.04. The molecule has 3 N–H and O–H groups in total. The van der Waals surface area contributed by atoms with Gasteiger partial charge in [0.25, 0.3) is 42.2 Å². The van der Waals surface area contributed by atoms with Gasteiger partial charge in [0.1, 0.15) is 6.61 Å². The highest BCUT2D eigenvalue weighted by molar-refractivity contribution is 7.86. The van der Waals surface area contributed by atoms with Crippen molar-refractivity contribution in [3.8, 4) is 0 Å². The summed E-state index contributed by atoms with van der Waals surface area (Å²) >= 11 is 0. The summed E-state index contributed by atoms with van der Waals surface area (Å²) < 4.78 is 143. The molecule has 23 nitrogen and oxygen atoms in total. The number of ether oxygens (including phenoxy) is 7. The lowest BCUT2D eigenvalue weighted by atomic mass is 9.76. The van der Waals surface area contributed by atoms with Gasteiger partial charge in [-0.25, -0.2) is 4.79 Å². The van der Waals surface area contributed by atoms with Crippen LogP contribution >= 0.6 is 0 Å². The zero-order valence-corrected chi connectivity index (χ0v) is 46.2. The van der Waals surface area contributed by atoms with Crippen molar-refractivity contribution in [2.45, 2.75) is 73.0 Å². The van der Waals surface area contributed by atoms with Crippen molar-refractivity contribution in [1.82, 2.24) is 5.06 Å². The van der Waals surface area contributed by atoms with Gasteiger partial charge < -0.3 is 42.9 Å². The average molecular weight is 1140 g/mol. The number of benzene rings is 2. The molecule has 0 saturated carbocycles. The summed E-state index contributed by atoms with van der Waals surface area (Å²) in [5.41, 5.74) is 2.42. The van der Waals surface area contributed by atoms with E-state index < -0.39 is 64.7 Å². The zero-order chi connectivity index (χ0) is 56.3. The molecule has 2 aromatic carbocycles. The Morgan fingerprint density at radius 2 is 1.18 bits per heavy atom. The molecule has 0 spiro atoms. The molecule has 0 radical (unpaired) electrons. The van der Waals surface area contributed by atoms with Gasteiger partial charge >= 0.3 is 5.97 Å². The minimum atomic E-state index is -4.57. The molecule has 3 heterocycles. The fraction of sp³-hybridized carbons (Fsp3) is 0.529. The molecule has 77 heavy (non-hydrogen) atoms. The summed E-state index contributed by atoms with van der Waals surface area (Å²) in [7, 11) is -10.3. The van der Waals surface area contributed by atoms with Crippen LogP contribution in [0.25, 0.3) is 0 Å². The molecular formula is C51H70N3O20S3+. The van der Waals surface area contributed by atoms with Crippen LogP contribution in [-0.4, -0.2) is 184 Å². The van der Waals surface area contributed by atoms with Crippen molar-refractivity contribution in [2.75, 3.05) is 117 Å². The minimum Gasteiger partial charge on any atom is -0.385 e. The van der Waals surface area contributed by atoms with Gasteiger partial charge in [0, 0.05) is 74.7 Å². The number of nitrogens with zero attached hydrogens (tertiary/aromatic N) is 3. The summed E-state index contributed by atoms with van der Waals surface area (Å²) in [6, 6.07) is 8.75.